The molecular formula is C23H32O2. The molecule has 0 radical (unpaired) electrons. The molecule has 2 nitrogen and oxygen atoms in total. The van der Waals surface area contributed by atoms with E-state index < -0.39 is 0 Å². The quantitative estimate of drug-likeness (QED) is 0.432. The van der Waals surface area contributed by atoms with Crippen molar-refractivity contribution in [3.05, 3.63) is 47.6 Å². The number of aryl methyl sites for hydroxylation is 1. The minimum Gasteiger partial charge on any atom is -0.507 e. The highest BCUT2D eigenvalue weighted by atomic mass is 16.3. The van der Waals surface area contributed by atoms with E-state index in [-0.39, 0.29) is 11.5 Å². The van der Waals surface area contributed by atoms with Gasteiger partial charge in [-0.15, -0.1) is 0 Å². The average molecular weight is 341 g/mol. The number of phenolic OH excluding ortho intramolecular Hbond substituents is 2. The van der Waals surface area contributed by atoms with Gasteiger partial charge in [0.25, 0.3) is 0 Å². The molecule has 0 saturated carbocycles. The van der Waals surface area contributed by atoms with Crippen LogP contribution in [0.2, 0.25) is 0 Å². The molecule has 1 aliphatic rings. The van der Waals surface area contributed by atoms with Gasteiger partial charge in [-0.1, -0.05) is 44.6 Å². The van der Waals surface area contributed by atoms with Crippen molar-refractivity contribution >= 4 is 11.1 Å². The van der Waals surface area contributed by atoms with Gasteiger partial charge in [0.1, 0.15) is 11.5 Å². The summed E-state index contributed by atoms with van der Waals surface area (Å²) in [6.07, 6.45) is 9.20. The Hall–Kier alpha value is -1.96. The van der Waals surface area contributed by atoms with Crippen molar-refractivity contribution in [3.63, 3.8) is 0 Å². The van der Waals surface area contributed by atoms with Crippen molar-refractivity contribution in [2.24, 2.45) is 5.92 Å². The van der Waals surface area contributed by atoms with Crippen LogP contribution < -0.4 is 0 Å². The summed E-state index contributed by atoms with van der Waals surface area (Å²) in [5, 5.41) is 21.6. The fraction of sp³-hybridized carbons (Fsp3) is 0.478. The maximum Gasteiger partial charge on any atom is 0.134 e. The molecule has 25 heavy (non-hydrogen) atoms. The van der Waals surface area contributed by atoms with Crippen molar-refractivity contribution in [2.45, 2.75) is 65.7 Å². The Morgan fingerprint density at radius 1 is 1.20 bits per heavy atom. The second-order valence-electron chi connectivity index (χ2n) is 7.44. The summed E-state index contributed by atoms with van der Waals surface area (Å²) < 4.78 is 0. The molecule has 0 aliphatic heterocycles. The number of benzene rings is 1. The van der Waals surface area contributed by atoms with E-state index in [1.54, 1.807) is 0 Å². The molecule has 136 valence electrons. The summed E-state index contributed by atoms with van der Waals surface area (Å²) in [4.78, 5) is 0. The Morgan fingerprint density at radius 3 is 2.52 bits per heavy atom. The topological polar surface area (TPSA) is 40.5 Å². The Labute approximate surface area is 152 Å². The third kappa shape index (κ3) is 4.36. The first-order chi connectivity index (χ1) is 11.9. The van der Waals surface area contributed by atoms with Crippen LogP contribution in [0, 0.1) is 5.92 Å². The molecule has 0 spiro atoms. The predicted octanol–water partition coefficient (Wildman–Crippen LogP) is 6.62. The lowest BCUT2D eigenvalue weighted by atomic mass is 9.80. The second-order valence-corrected chi connectivity index (χ2v) is 7.44. The van der Waals surface area contributed by atoms with Crippen LogP contribution in [0.1, 0.15) is 76.0 Å². The van der Waals surface area contributed by atoms with Gasteiger partial charge in [0.15, 0.2) is 0 Å². The Bertz CT molecular complexity index is 695. The van der Waals surface area contributed by atoms with E-state index in [1.807, 2.05) is 13.0 Å². The molecular weight excluding hydrogens is 308 g/mol. The van der Waals surface area contributed by atoms with Crippen molar-refractivity contribution in [2.75, 3.05) is 0 Å². The van der Waals surface area contributed by atoms with Crippen LogP contribution in [-0.2, 0) is 6.42 Å². The molecule has 2 heteroatoms. The number of unbranched alkanes of at least 4 members (excludes halogenated alkanes) is 2. The van der Waals surface area contributed by atoms with Gasteiger partial charge in [0.05, 0.1) is 5.56 Å². The van der Waals surface area contributed by atoms with E-state index in [9.17, 15) is 10.2 Å². The highest BCUT2D eigenvalue weighted by molar-refractivity contribution is 5.83. The van der Waals surface area contributed by atoms with E-state index in [0.29, 0.717) is 11.5 Å². The zero-order chi connectivity index (χ0) is 18.6. The zero-order valence-corrected chi connectivity index (χ0v) is 16.0. The van der Waals surface area contributed by atoms with Gasteiger partial charge in [0.2, 0.25) is 0 Å². The molecule has 1 aliphatic carbocycles. The first kappa shape index (κ1) is 19.4. The molecule has 1 aromatic rings. The molecule has 2 rings (SSSR count). The van der Waals surface area contributed by atoms with Crippen LogP contribution in [-0.4, -0.2) is 10.2 Å². The average Bonchev–Trinajstić information content (AvgIpc) is 2.54. The maximum absolute atomic E-state index is 11.0. The van der Waals surface area contributed by atoms with Crippen molar-refractivity contribution < 1.29 is 10.2 Å². The minimum atomic E-state index is 0.183. The van der Waals surface area contributed by atoms with E-state index >= 15 is 0 Å². The third-order valence-corrected chi connectivity index (χ3v) is 5.23. The number of phenols is 2. The lowest BCUT2D eigenvalue weighted by molar-refractivity contribution is 0.442. The fourth-order valence-corrected chi connectivity index (χ4v) is 3.80. The molecule has 0 fully saturated rings. The van der Waals surface area contributed by atoms with Gasteiger partial charge >= 0.3 is 0 Å². The van der Waals surface area contributed by atoms with E-state index in [4.69, 9.17) is 0 Å². The monoisotopic (exact) mass is 340 g/mol. The molecule has 1 atom stereocenters. The van der Waals surface area contributed by atoms with Crippen LogP contribution >= 0.6 is 0 Å². The highest BCUT2D eigenvalue weighted by Crippen LogP contribution is 2.45. The van der Waals surface area contributed by atoms with Crippen LogP contribution in [0.25, 0.3) is 11.1 Å². The second kappa shape index (κ2) is 8.42. The number of allylic oxidation sites excluding steroid dienone is 4. The first-order valence-electron chi connectivity index (χ1n) is 9.45. The summed E-state index contributed by atoms with van der Waals surface area (Å²) in [7, 11) is 0. The number of aromatic hydroxyl groups is 2. The lowest BCUT2D eigenvalue weighted by Gasteiger charge is -2.25. The van der Waals surface area contributed by atoms with Gasteiger partial charge in [-0.25, -0.2) is 0 Å². The number of hydrogen-bond donors (Lipinski definition) is 2. The van der Waals surface area contributed by atoms with Crippen molar-refractivity contribution in [1.82, 2.24) is 0 Å². The van der Waals surface area contributed by atoms with Crippen LogP contribution in [0.15, 0.2) is 30.9 Å². The van der Waals surface area contributed by atoms with Gasteiger partial charge in [-0.3, -0.25) is 0 Å². The summed E-state index contributed by atoms with van der Waals surface area (Å²) >= 11 is 0. The Morgan fingerprint density at radius 2 is 1.92 bits per heavy atom. The van der Waals surface area contributed by atoms with Crippen molar-refractivity contribution in [3.8, 4) is 11.5 Å². The molecule has 0 amide bonds. The SMILES string of the molecule is C=C(C)c1c(CCCCC)cc(O)c(C2=CCC[C@@H](C(=C)C)C2)c1O. The van der Waals surface area contributed by atoms with Gasteiger partial charge in [-0.05, 0) is 74.6 Å². The lowest BCUT2D eigenvalue weighted by Crippen LogP contribution is -2.08. The highest BCUT2D eigenvalue weighted by Gasteiger charge is 2.24. The number of rotatable bonds is 7. The molecule has 0 bridgehead atoms. The molecule has 1 aromatic carbocycles. The standard InChI is InChI=1S/C23H32O2/c1-6-7-8-10-19-14-20(24)22(23(25)21(19)16(4)5)18-12-9-11-17(13-18)15(2)3/h12,14,17,24-25H,2,4,6-11,13H2,1,3,5H3/t17-/m1/s1. The molecule has 0 aromatic heterocycles. The van der Waals surface area contributed by atoms with Crippen LogP contribution in [0.3, 0.4) is 0 Å². The predicted molar refractivity (Wildman–Crippen MR) is 108 cm³/mol. The smallest absolute Gasteiger partial charge is 0.134 e. The molecule has 0 heterocycles. The Balaban J connectivity index is 2.46. The molecule has 0 unspecified atom stereocenters. The van der Waals surface area contributed by atoms with Gasteiger partial charge < -0.3 is 10.2 Å². The first-order valence-corrected chi connectivity index (χ1v) is 9.45. The van der Waals surface area contributed by atoms with Gasteiger partial charge in [0, 0.05) is 5.56 Å². The fourth-order valence-electron chi connectivity index (χ4n) is 3.80. The van der Waals surface area contributed by atoms with Gasteiger partial charge in [-0.2, -0.15) is 0 Å². The summed E-state index contributed by atoms with van der Waals surface area (Å²) in [5.74, 6) is 0.784. The summed E-state index contributed by atoms with van der Waals surface area (Å²) in [5.41, 5.74) is 5.42. The molecule has 2 N–H and O–H groups in total. The Kier molecular flexibility index (Phi) is 6.52. The van der Waals surface area contributed by atoms with Crippen LogP contribution in [0.4, 0.5) is 0 Å². The third-order valence-electron chi connectivity index (χ3n) is 5.23. The van der Waals surface area contributed by atoms with E-state index in [1.165, 1.54) is 5.57 Å². The maximum atomic E-state index is 11.0. The minimum absolute atomic E-state index is 0.183. The van der Waals surface area contributed by atoms with E-state index in [2.05, 4.69) is 33.1 Å². The van der Waals surface area contributed by atoms with E-state index in [0.717, 1.165) is 67.2 Å². The van der Waals surface area contributed by atoms with Crippen LogP contribution in [0.5, 0.6) is 11.5 Å². The molecule has 0 saturated heterocycles. The summed E-state index contributed by atoms with van der Waals surface area (Å²) in [6.45, 7) is 14.3. The number of hydrogen-bond acceptors (Lipinski definition) is 2. The largest absolute Gasteiger partial charge is 0.507 e. The van der Waals surface area contributed by atoms with Crippen molar-refractivity contribution in [1.29, 1.82) is 0 Å². The summed E-state index contributed by atoms with van der Waals surface area (Å²) in [6, 6.07) is 1.83. The zero-order valence-electron chi connectivity index (χ0n) is 16.0. The normalized spacial score (nSPS) is 17.2.